The van der Waals surface area contributed by atoms with Gasteiger partial charge in [0.15, 0.2) is 12.0 Å². The lowest BCUT2D eigenvalue weighted by Crippen LogP contribution is -2.29. The summed E-state index contributed by atoms with van der Waals surface area (Å²) in [7, 11) is 0. The number of halogens is 2. The summed E-state index contributed by atoms with van der Waals surface area (Å²) < 4.78 is 18.9. The van der Waals surface area contributed by atoms with Crippen molar-refractivity contribution in [3.8, 4) is 22.6 Å². The average molecular weight is 384 g/mol. The molecule has 0 saturated carbocycles. The van der Waals surface area contributed by atoms with E-state index in [-0.39, 0.29) is 5.82 Å². The van der Waals surface area contributed by atoms with Gasteiger partial charge < -0.3 is 14.5 Å². The summed E-state index contributed by atoms with van der Waals surface area (Å²) in [6, 6.07) is 12.9. The molecule has 0 amide bonds. The maximum Gasteiger partial charge on any atom is 0.175 e. The zero-order valence-electron chi connectivity index (χ0n) is 14.1. The number of hydrogen-bond donors (Lipinski definition) is 1. The van der Waals surface area contributed by atoms with Gasteiger partial charge in [-0.2, -0.15) is 0 Å². The number of rotatable bonds is 4. The van der Waals surface area contributed by atoms with Crippen LogP contribution in [0.25, 0.3) is 22.6 Å². The summed E-state index contributed by atoms with van der Waals surface area (Å²) in [6.07, 6.45) is 4.00. The maximum atomic E-state index is 13.3. The molecule has 2 heterocycles. The Balaban J connectivity index is 1.84. The minimum Gasteiger partial charge on any atom is -0.369 e. The van der Waals surface area contributed by atoms with Crippen LogP contribution < -0.4 is 0 Å². The zero-order chi connectivity index (χ0) is 18.8. The van der Waals surface area contributed by atoms with E-state index in [9.17, 15) is 9.50 Å². The molecule has 1 unspecified atom stereocenters. The number of nitrogens with zero attached hydrogens (tertiary/aromatic N) is 3. The van der Waals surface area contributed by atoms with Crippen LogP contribution in [-0.4, -0.2) is 28.0 Å². The molecule has 4 rings (SSSR count). The molecule has 2 aromatic carbocycles. The molecule has 3 aromatic rings. The fourth-order valence-corrected chi connectivity index (χ4v) is 3.02. The van der Waals surface area contributed by atoms with E-state index < -0.39 is 6.23 Å². The van der Waals surface area contributed by atoms with Crippen molar-refractivity contribution in [3.05, 3.63) is 77.2 Å². The smallest absolute Gasteiger partial charge is 0.175 e. The van der Waals surface area contributed by atoms with Gasteiger partial charge in [-0.15, -0.1) is 0 Å². The van der Waals surface area contributed by atoms with Crippen molar-refractivity contribution in [3.63, 3.8) is 0 Å². The molecule has 27 heavy (non-hydrogen) atoms. The molecule has 1 N–H and O–H groups in total. The van der Waals surface area contributed by atoms with E-state index in [2.05, 4.69) is 10.1 Å². The highest BCUT2D eigenvalue weighted by atomic mass is 35.5. The van der Waals surface area contributed by atoms with E-state index in [0.29, 0.717) is 34.1 Å². The van der Waals surface area contributed by atoms with Crippen LogP contribution in [0.5, 0.6) is 0 Å². The first-order valence-corrected chi connectivity index (χ1v) is 8.65. The van der Waals surface area contributed by atoms with Crippen molar-refractivity contribution in [2.75, 3.05) is 6.54 Å². The van der Waals surface area contributed by atoms with Gasteiger partial charge in [0.1, 0.15) is 11.5 Å². The van der Waals surface area contributed by atoms with Crippen LogP contribution >= 0.6 is 11.6 Å². The van der Waals surface area contributed by atoms with Gasteiger partial charge in [-0.1, -0.05) is 28.9 Å². The predicted molar refractivity (Wildman–Crippen MR) is 102 cm³/mol. The van der Waals surface area contributed by atoms with Gasteiger partial charge >= 0.3 is 0 Å². The highest BCUT2D eigenvalue weighted by Crippen LogP contribution is 2.38. The topological polar surface area (TPSA) is 61.9 Å². The lowest BCUT2D eigenvalue weighted by molar-refractivity contribution is 0.0632. The third kappa shape index (κ3) is 3.49. The minimum absolute atomic E-state index is 0.355. The van der Waals surface area contributed by atoms with E-state index in [1.54, 1.807) is 53.8 Å². The molecular weight excluding hydrogens is 369 g/mol. The molecule has 0 saturated heterocycles. The van der Waals surface area contributed by atoms with Gasteiger partial charge in [0.25, 0.3) is 0 Å². The Hall–Kier alpha value is -2.96. The molecule has 136 valence electrons. The third-order valence-corrected chi connectivity index (χ3v) is 4.50. The first kappa shape index (κ1) is 17.5. The number of aliphatic hydroxyl groups excluding tert-OH is 1. The van der Waals surface area contributed by atoms with Crippen molar-refractivity contribution < 1.29 is 14.0 Å². The van der Waals surface area contributed by atoms with E-state index >= 15 is 0 Å². The normalized spacial score (nSPS) is 14.6. The van der Waals surface area contributed by atoms with Crippen LogP contribution in [-0.2, 0) is 0 Å². The Morgan fingerprint density at radius 3 is 2.44 bits per heavy atom. The molecule has 0 fully saturated rings. The van der Waals surface area contributed by atoms with Crippen molar-refractivity contribution in [2.24, 2.45) is 4.99 Å². The predicted octanol–water partition coefficient (Wildman–Crippen LogP) is 4.65. The highest BCUT2D eigenvalue weighted by molar-refractivity contribution is 6.30. The van der Waals surface area contributed by atoms with E-state index in [0.717, 1.165) is 5.56 Å². The number of hydrogen-bond acceptors (Lipinski definition) is 5. The Labute approximate surface area is 160 Å². The fourth-order valence-electron chi connectivity index (χ4n) is 2.89. The lowest BCUT2D eigenvalue weighted by Gasteiger charge is -2.26. The number of aliphatic imine (C=N–C) groups is 1. The second-order valence-electron chi connectivity index (χ2n) is 6.01. The van der Waals surface area contributed by atoms with Crippen LogP contribution in [0.4, 0.5) is 4.39 Å². The van der Waals surface area contributed by atoms with Crippen molar-refractivity contribution >= 4 is 17.9 Å². The molecule has 0 radical (unpaired) electrons. The van der Waals surface area contributed by atoms with E-state index in [1.165, 1.54) is 12.1 Å². The molecule has 1 aliphatic heterocycles. The van der Waals surface area contributed by atoms with Crippen LogP contribution in [0.1, 0.15) is 11.8 Å². The number of aliphatic hydroxyl groups is 1. The van der Waals surface area contributed by atoms with Crippen LogP contribution in [0.3, 0.4) is 0 Å². The van der Waals surface area contributed by atoms with Gasteiger partial charge in [-0.25, -0.2) is 9.38 Å². The second kappa shape index (κ2) is 7.34. The summed E-state index contributed by atoms with van der Waals surface area (Å²) in [5.41, 5.74) is 2.32. The van der Waals surface area contributed by atoms with Gasteiger partial charge in [0, 0.05) is 28.9 Å². The number of benzene rings is 2. The molecule has 1 aromatic heterocycles. The molecule has 0 aliphatic carbocycles. The Morgan fingerprint density at radius 1 is 1.07 bits per heavy atom. The Morgan fingerprint density at radius 2 is 1.78 bits per heavy atom. The zero-order valence-corrected chi connectivity index (χ0v) is 14.8. The summed E-state index contributed by atoms with van der Waals surface area (Å²) in [6.45, 7) is 0.485. The first-order valence-electron chi connectivity index (χ1n) is 8.27. The number of aromatic nitrogens is 1. The highest BCUT2D eigenvalue weighted by Gasteiger charge is 2.28. The first-order chi connectivity index (χ1) is 13.1. The van der Waals surface area contributed by atoms with E-state index in [1.807, 2.05) is 6.08 Å². The van der Waals surface area contributed by atoms with E-state index in [4.69, 9.17) is 16.1 Å². The van der Waals surface area contributed by atoms with Crippen LogP contribution in [0.2, 0.25) is 5.02 Å². The van der Waals surface area contributed by atoms with Gasteiger partial charge in [0.2, 0.25) is 0 Å². The largest absolute Gasteiger partial charge is 0.369 e. The van der Waals surface area contributed by atoms with Crippen LogP contribution in [0, 0.1) is 5.82 Å². The van der Waals surface area contributed by atoms with Crippen molar-refractivity contribution in [1.82, 2.24) is 10.1 Å². The quantitative estimate of drug-likeness (QED) is 0.712. The van der Waals surface area contributed by atoms with Crippen molar-refractivity contribution in [2.45, 2.75) is 6.23 Å². The van der Waals surface area contributed by atoms with Crippen LogP contribution in [0.15, 0.2) is 70.3 Å². The molecule has 1 atom stereocenters. The summed E-state index contributed by atoms with van der Waals surface area (Å²) in [4.78, 5) is 5.71. The molecule has 7 heteroatoms. The molecular formula is C20H15ClFN3O2. The van der Waals surface area contributed by atoms with Gasteiger partial charge in [-0.05, 0) is 42.5 Å². The van der Waals surface area contributed by atoms with Crippen molar-refractivity contribution in [1.29, 1.82) is 0 Å². The average Bonchev–Trinajstić information content (AvgIpc) is 3.14. The summed E-state index contributed by atoms with van der Waals surface area (Å²) >= 11 is 5.98. The molecule has 5 nitrogen and oxygen atoms in total. The van der Waals surface area contributed by atoms with Gasteiger partial charge in [-0.3, -0.25) is 0 Å². The SMILES string of the molecule is OC(c1c(-c2ccc(Cl)cc2)noc1-c1ccc(F)cc1)N1C=NC=CC1. The minimum atomic E-state index is -1.05. The standard InChI is InChI=1S/C20H15ClFN3O2/c21-15-6-2-13(3-7-15)18-17(20(26)25-11-1-10-23-12-25)19(27-24-18)14-4-8-16(22)9-5-14/h1-10,12,20,26H,11H2. The summed E-state index contributed by atoms with van der Waals surface area (Å²) in [5, 5.41) is 15.8. The fraction of sp³-hybridized carbons (Fsp3) is 0.100. The summed E-state index contributed by atoms with van der Waals surface area (Å²) in [5.74, 6) is 0.0157. The Bertz CT molecular complexity index is 934. The third-order valence-electron chi connectivity index (χ3n) is 4.25. The van der Waals surface area contributed by atoms with Gasteiger partial charge in [0.05, 0.1) is 11.9 Å². The molecule has 0 spiro atoms. The lowest BCUT2D eigenvalue weighted by atomic mass is 10.0. The Kier molecular flexibility index (Phi) is 4.75. The maximum absolute atomic E-state index is 13.3. The second-order valence-corrected chi connectivity index (χ2v) is 6.44. The molecule has 1 aliphatic rings. The molecule has 0 bridgehead atoms. The monoisotopic (exact) mass is 383 g/mol.